The van der Waals surface area contributed by atoms with Gasteiger partial charge in [0.2, 0.25) is 0 Å². The van der Waals surface area contributed by atoms with Gasteiger partial charge in [-0.3, -0.25) is 0 Å². The van der Waals surface area contributed by atoms with Gasteiger partial charge in [-0.05, 0) is 38.3 Å². The van der Waals surface area contributed by atoms with E-state index in [2.05, 4.69) is 36.1 Å². The average Bonchev–Trinajstić information content (AvgIpc) is 2.28. The zero-order valence-corrected chi connectivity index (χ0v) is 10.0. The van der Waals surface area contributed by atoms with E-state index in [0.717, 1.165) is 38.9 Å². The average molecular weight is 219 g/mol. The number of benzene rings is 1. The quantitative estimate of drug-likeness (QED) is 0.840. The highest BCUT2D eigenvalue weighted by Crippen LogP contribution is 2.11. The van der Waals surface area contributed by atoms with Crippen LogP contribution in [0.25, 0.3) is 0 Å². The van der Waals surface area contributed by atoms with E-state index in [1.807, 2.05) is 0 Å². The normalized spacial score (nSPS) is 22.2. The fourth-order valence-electron chi connectivity index (χ4n) is 2.28. The predicted molar refractivity (Wildman–Crippen MR) is 66.6 cm³/mol. The third-order valence-electron chi connectivity index (χ3n) is 3.32. The number of rotatable bonds is 3. The van der Waals surface area contributed by atoms with Crippen LogP contribution in [0, 0.1) is 6.92 Å². The van der Waals surface area contributed by atoms with Crippen LogP contribution >= 0.6 is 0 Å². The Balaban J connectivity index is 1.80. The highest BCUT2D eigenvalue weighted by atomic mass is 16.3. The second-order valence-electron chi connectivity index (χ2n) is 4.83. The Labute approximate surface area is 97.9 Å². The molecular weight excluding hydrogens is 198 g/mol. The van der Waals surface area contributed by atoms with Gasteiger partial charge in [-0.1, -0.05) is 29.8 Å². The first-order valence-electron chi connectivity index (χ1n) is 6.20. The molecule has 2 nitrogen and oxygen atoms in total. The van der Waals surface area contributed by atoms with E-state index in [1.54, 1.807) is 0 Å². The Kier molecular flexibility index (Phi) is 3.97. The minimum atomic E-state index is -0.105. The predicted octanol–water partition coefficient (Wildman–Crippen LogP) is 1.99. The monoisotopic (exact) mass is 219 g/mol. The molecule has 0 aliphatic carbocycles. The summed E-state index contributed by atoms with van der Waals surface area (Å²) >= 11 is 0. The number of nitrogens with zero attached hydrogens (tertiary/aromatic N) is 1. The Hall–Kier alpha value is -0.860. The summed E-state index contributed by atoms with van der Waals surface area (Å²) in [4.78, 5) is 2.37. The van der Waals surface area contributed by atoms with E-state index >= 15 is 0 Å². The van der Waals surface area contributed by atoms with Crippen molar-refractivity contribution in [2.45, 2.75) is 32.3 Å². The number of aliphatic hydroxyl groups is 1. The van der Waals surface area contributed by atoms with Gasteiger partial charge in [0.05, 0.1) is 6.10 Å². The zero-order valence-electron chi connectivity index (χ0n) is 10.0. The van der Waals surface area contributed by atoms with Gasteiger partial charge in [0.15, 0.2) is 0 Å². The van der Waals surface area contributed by atoms with Gasteiger partial charge >= 0.3 is 0 Å². The minimum absolute atomic E-state index is 0.105. The number of hydrogen-bond acceptors (Lipinski definition) is 2. The van der Waals surface area contributed by atoms with Crippen LogP contribution < -0.4 is 0 Å². The molecule has 1 saturated heterocycles. The summed E-state index contributed by atoms with van der Waals surface area (Å²) in [7, 11) is 0. The standard InChI is InChI=1S/C14H21NO/c1-12-4-6-13(7-5-12)8-10-15-9-2-3-14(16)11-15/h4-7,14,16H,2-3,8-11H2,1H3. The molecule has 0 amide bonds. The molecule has 0 aromatic heterocycles. The largest absolute Gasteiger partial charge is 0.392 e. The van der Waals surface area contributed by atoms with Crippen molar-refractivity contribution in [3.8, 4) is 0 Å². The molecule has 1 atom stereocenters. The summed E-state index contributed by atoms with van der Waals surface area (Å²) in [6.07, 6.45) is 3.09. The molecule has 0 spiro atoms. The Morgan fingerprint density at radius 3 is 2.75 bits per heavy atom. The van der Waals surface area contributed by atoms with Crippen molar-refractivity contribution < 1.29 is 5.11 Å². The first-order valence-corrected chi connectivity index (χ1v) is 6.20. The Bertz CT molecular complexity index is 320. The summed E-state index contributed by atoms with van der Waals surface area (Å²) < 4.78 is 0. The number of aryl methyl sites for hydroxylation is 1. The molecule has 2 rings (SSSR count). The fraction of sp³-hybridized carbons (Fsp3) is 0.571. The molecule has 0 bridgehead atoms. The van der Waals surface area contributed by atoms with Gasteiger partial charge in [0.25, 0.3) is 0 Å². The Morgan fingerprint density at radius 2 is 2.06 bits per heavy atom. The highest BCUT2D eigenvalue weighted by Gasteiger charge is 2.16. The number of aliphatic hydroxyl groups excluding tert-OH is 1. The second kappa shape index (κ2) is 5.46. The molecule has 0 radical (unpaired) electrons. The number of β-amino-alcohol motifs (C(OH)–C–C–N with tert-alkyl or cyclic N) is 1. The smallest absolute Gasteiger partial charge is 0.0667 e. The molecular formula is C14H21NO. The minimum Gasteiger partial charge on any atom is -0.392 e. The Morgan fingerprint density at radius 1 is 1.31 bits per heavy atom. The molecule has 16 heavy (non-hydrogen) atoms. The molecule has 0 saturated carbocycles. The lowest BCUT2D eigenvalue weighted by Gasteiger charge is -2.29. The van der Waals surface area contributed by atoms with Crippen molar-refractivity contribution >= 4 is 0 Å². The third kappa shape index (κ3) is 3.32. The third-order valence-corrected chi connectivity index (χ3v) is 3.32. The topological polar surface area (TPSA) is 23.5 Å². The van der Waals surface area contributed by atoms with Gasteiger partial charge < -0.3 is 10.0 Å². The van der Waals surface area contributed by atoms with Crippen molar-refractivity contribution in [2.75, 3.05) is 19.6 Å². The van der Waals surface area contributed by atoms with Crippen LogP contribution in [0.4, 0.5) is 0 Å². The lowest BCUT2D eigenvalue weighted by atomic mass is 10.1. The van der Waals surface area contributed by atoms with Crippen LogP contribution in [-0.4, -0.2) is 35.7 Å². The lowest BCUT2D eigenvalue weighted by molar-refractivity contribution is 0.0714. The molecule has 1 aromatic carbocycles. The van der Waals surface area contributed by atoms with Crippen LogP contribution in [0.5, 0.6) is 0 Å². The van der Waals surface area contributed by atoms with Crippen molar-refractivity contribution in [2.24, 2.45) is 0 Å². The summed E-state index contributed by atoms with van der Waals surface area (Å²) in [5.41, 5.74) is 2.71. The molecule has 88 valence electrons. The van der Waals surface area contributed by atoms with Gasteiger partial charge in [0.1, 0.15) is 0 Å². The number of likely N-dealkylation sites (tertiary alicyclic amines) is 1. The second-order valence-corrected chi connectivity index (χ2v) is 4.83. The number of hydrogen-bond donors (Lipinski definition) is 1. The van der Waals surface area contributed by atoms with Crippen molar-refractivity contribution in [1.82, 2.24) is 4.90 Å². The van der Waals surface area contributed by atoms with Gasteiger partial charge in [-0.2, -0.15) is 0 Å². The zero-order chi connectivity index (χ0) is 11.4. The first kappa shape index (κ1) is 11.6. The van der Waals surface area contributed by atoms with E-state index in [9.17, 15) is 5.11 Å². The van der Waals surface area contributed by atoms with Crippen LogP contribution in [-0.2, 0) is 6.42 Å². The molecule has 1 heterocycles. The molecule has 1 fully saturated rings. The van der Waals surface area contributed by atoms with Crippen molar-refractivity contribution in [3.05, 3.63) is 35.4 Å². The van der Waals surface area contributed by atoms with Crippen LogP contribution in [0.3, 0.4) is 0 Å². The molecule has 1 aromatic rings. The van der Waals surface area contributed by atoms with Crippen LogP contribution in [0.1, 0.15) is 24.0 Å². The maximum atomic E-state index is 9.57. The van der Waals surface area contributed by atoms with Crippen molar-refractivity contribution in [3.63, 3.8) is 0 Å². The van der Waals surface area contributed by atoms with E-state index in [-0.39, 0.29) is 6.10 Å². The van der Waals surface area contributed by atoms with Crippen molar-refractivity contribution in [1.29, 1.82) is 0 Å². The maximum Gasteiger partial charge on any atom is 0.0667 e. The van der Waals surface area contributed by atoms with E-state index in [0.29, 0.717) is 0 Å². The molecule has 1 N–H and O–H groups in total. The van der Waals surface area contributed by atoms with Gasteiger partial charge in [0, 0.05) is 13.1 Å². The molecule has 1 aliphatic rings. The SMILES string of the molecule is Cc1ccc(CCN2CCCC(O)C2)cc1. The molecule has 1 unspecified atom stereocenters. The fourth-order valence-corrected chi connectivity index (χ4v) is 2.28. The van der Waals surface area contributed by atoms with Crippen LogP contribution in [0.15, 0.2) is 24.3 Å². The number of piperidine rings is 1. The summed E-state index contributed by atoms with van der Waals surface area (Å²) in [6, 6.07) is 8.74. The van der Waals surface area contributed by atoms with Gasteiger partial charge in [-0.25, -0.2) is 0 Å². The maximum absolute atomic E-state index is 9.57. The summed E-state index contributed by atoms with van der Waals surface area (Å²) in [6.45, 7) is 5.18. The van der Waals surface area contributed by atoms with E-state index in [1.165, 1.54) is 11.1 Å². The van der Waals surface area contributed by atoms with E-state index < -0.39 is 0 Å². The summed E-state index contributed by atoms with van der Waals surface area (Å²) in [5.74, 6) is 0. The summed E-state index contributed by atoms with van der Waals surface area (Å²) in [5, 5.41) is 9.57. The van der Waals surface area contributed by atoms with Gasteiger partial charge in [-0.15, -0.1) is 0 Å². The first-order chi connectivity index (χ1) is 7.74. The molecule has 2 heteroatoms. The molecule has 1 aliphatic heterocycles. The van der Waals surface area contributed by atoms with E-state index in [4.69, 9.17) is 0 Å². The highest BCUT2D eigenvalue weighted by molar-refractivity contribution is 5.21. The lowest BCUT2D eigenvalue weighted by Crippen LogP contribution is -2.39. The van der Waals surface area contributed by atoms with Crippen LogP contribution in [0.2, 0.25) is 0 Å².